The lowest BCUT2D eigenvalue weighted by atomic mass is 9.84. The van der Waals surface area contributed by atoms with Crippen LogP contribution in [0.25, 0.3) is 10.9 Å². The topological polar surface area (TPSA) is 74.0 Å². The molecule has 0 aliphatic rings. The Balaban J connectivity index is 1.86. The van der Waals surface area contributed by atoms with Crippen molar-refractivity contribution in [2.24, 2.45) is 0 Å². The van der Waals surface area contributed by atoms with Crippen molar-refractivity contribution in [3.63, 3.8) is 0 Å². The highest BCUT2D eigenvalue weighted by molar-refractivity contribution is 6.12. The molecule has 0 atom stereocenters. The van der Waals surface area contributed by atoms with Gasteiger partial charge in [-0.3, -0.25) is 9.59 Å². The Morgan fingerprint density at radius 1 is 1.07 bits per heavy atom. The monoisotopic (exact) mass is 367 g/mol. The van der Waals surface area contributed by atoms with E-state index in [1.54, 1.807) is 18.2 Å². The molecule has 0 spiro atoms. The Kier molecular flexibility index (Phi) is 4.99. The molecule has 140 valence electrons. The van der Waals surface area contributed by atoms with Crippen LogP contribution in [0.5, 0.6) is 0 Å². The summed E-state index contributed by atoms with van der Waals surface area (Å²) in [6.07, 6.45) is 0. The number of halogens is 1. The molecule has 27 heavy (non-hydrogen) atoms. The molecule has 0 aliphatic heterocycles. The van der Waals surface area contributed by atoms with E-state index in [0.29, 0.717) is 11.3 Å². The first-order valence-corrected chi connectivity index (χ1v) is 8.71. The molecule has 1 heterocycles. The molecule has 0 bridgehead atoms. The minimum atomic E-state index is -0.596. The number of H-pyrrole nitrogens is 1. The molecule has 0 unspecified atom stereocenters. The highest BCUT2D eigenvalue weighted by atomic mass is 19.1. The molecule has 3 rings (SSSR count). The molecular formula is C21H22FN3O2. The summed E-state index contributed by atoms with van der Waals surface area (Å²) < 4.78 is 14.1. The number of anilines is 1. The van der Waals surface area contributed by atoms with E-state index < -0.39 is 5.41 Å². The lowest BCUT2D eigenvalue weighted by Gasteiger charge is -2.26. The van der Waals surface area contributed by atoms with Crippen molar-refractivity contribution in [2.45, 2.75) is 26.2 Å². The van der Waals surface area contributed by atoms with Gasteiger partial charge in [0.15, 0.2) is 0 Å². The Morgan fingerprint density at radius 3 is 2.44 bits per heavy atom. The molecule has 2 amide bonds. The zero-order valence-corrected chi connectivity index (χ0v) is 15.5. The third-order valence-electron chi connectivity index (χ3n) is 4.53. The third-order valence-corrected chi connectivity index (χ3v) is 4.53. The van der Waals surface area contributed by atoms with Gasteiger partial charge < -0.3 is 15.6 Å². The predicted molar refractivity (Wildman–Crippen MR) is 104 cm³/mol. The summed E-state index contributed by atoms with van der Waals surface area (Å²) in [7, 11) is 0. The van der Waals surface area contributed by atoms with Crippen LogP contribution in [0.15, 0.2) is 48.5 Å². The molecule has 0 fully saturated rings. The zero-order valence-electron chi connectivity index (χ0n) is 15.5. The summed E-state index contributed by atoms with van der Waals surface area (Å²) in [5.41, 5.74) is 1.40. The van der Waals surface area contributed by atoms with E-state index in [9.17, 15) is 14.0 Å². The second kappa shape index (κ2) is 7.23. The van der Waals surface area contributed by atoms with Gasteiger partial charge in [0.05, 0.1) is 5.69 Å². The normalized spacial score (nSPS) is 11.4. The molecule has 2 aromatic carbocycles. The number of carbonyl (C=O) groups is 2. The second-order valence-corrected chi connectivity index (χ2v) is 7.15. The van der Waals surface area contributed by atoms with Crippen molar-refractivity contribution in [2.75, 3.05) is 11.9 Å². The third kappa shape index (κ3) is 3.84. The van der Waals surface area contributed by atoms with E-state index >= 15 is 0 Å². The molecule has 3 aromatic rings. The highest BCUT2D eigenvalue weighted by Gasteiger charge is 2.26. The van der Waals surface area contributed by atoms with Crippen LogP contribution in [0.4, 0.5) is 10.1 Å². The van der Waals surface area contributed by atoms with Crippen molar-refractivity contribution in [3.05, 3.63) is 65.6 Å². The van der Waals surface area contributed by atoms with Crippen molar-refractivity contribution in [1.29, 1.82) is 0 Å². The summed E-state index contributed by atoms with van der Waals surface area (Å²) in [5.74, 6) is -0.929. The van der Waals surface area contributed by atoms with E-state index in [-0.39, 0.29) is 29.9 Å². The molecule has 0 aliphatic carbocycles. The Hall–Kier alpha value is -3.15. The molecular weight excluding hydrogens is 345 g/mol. The lowest BCUT2D eigenvalue weighted by molar-refractivity contribution is -0.114. The molecule has 0 saturated carbocycles. The molecule has 0 saturated heterocycles. The number of rotatable bonds is 5. The fraction of sp³-hybridized carbons (Fsp3) is 0.238. The highest BCUT2D eigenvalue weighted by Crippen LogP contribution is 2.29. The average molecular weight is 367 g/mol. The summed E-state index contributed by atoms with van der Waals surface area (Å²) in [6, 6.07) is 13.9. The second-order valence-electron chi connectivity index (χ2n) is 7.15. The van der Waals surface area contributed by atoms with Gasteiger partial charge in [0.2, 0.25) is 5.91 Å². The summed E-state index contributed by atoms with van der Waals surface area (Å²) in [5, 5.41) is 6.33. The Labute approximate surface area is 157 Å². The van der Waals surface area contributed by atoms with Gasteiger partial charge in [0, 0.05) is 29.8 Å². The first kappa shape index (κ1) is 18.6. The standard InChI is InChI=1S/C21H22FN3O2/c1-13(26)24-18-14-8-4-7-11-17(14)25-19(18)20(27)23-12-21(2,3)15-9-5-6-10-16(15)22/h4-11,25H,12H2,1-3H3,(H,23,27)(H,24,26). The number of hydrogen-bond acceptors (Lipinski definition) is 2. The number of hydrogen-bond donors (Lipinski definition) is 3. The van der Waals surface area contributed by atoms with Gasteiger partial charge in [-0.2, -0.15) is 0 Å². The summed E-state index contributed by atoms with van der Waals surface area (Å²) in [4.78, 5) is 27.4. The van der Waals surface area contributed by atoms with E-state index in [0.717, 1.165) is 10.9 Å². The molecule has 5 nitrogen and oxygen atoms in total. The quantitative estimate of drug-likeness (QED) is 0.638. The summed E-state index contributed by atoms with van der Waals surface area (Å²) >= 11 is 0. The molecule has 1 aromatic heterocycles. The number of aromatic amines is 1. The number of amides is 2. The largest absolute Gasteiger partial charge is 0.350 e. The molecule has 3 N–H and O–H groups in total. The lowest BCUT2D eigenvalue weighted by Crippen LogP contribution is -2.37. The number of aromatic nitrogens is 1. The fourth-order valence-corrected chi connectivity index (χ4v) is 3.11. The minimum absolute atomic E-state index is 0.238. The minimum Gasteiger partial charge on any atom is -0.350 e. The maximum atomic E-state index is 14.1. The predicted octanol–water partition coefficient (Wildman–Crippen LogP) is 3.97. The number of nitrogens with one attached hydrogen (secondary N) is 3. The van der Waals surface area contributed by atoms with Crippen molar-refractivity contribution in [3.8, 4) is 0 Å². The van der Waals surface area contributed by atoms with Crippen molar-refractivity contribution < 1.29 is 14.0 Å². The molecule has 6 heteroatoms. The van der Waals surface area contributed by atoms with Crippen LogP contribution in [0.2, 0.25) is 0 Å². The number of fused-ring (bicyclic) bond motifs is 1. The Morgan fingerprint density at radius 2 is 1.74 bits per heavy atom. The zero-order chi connectivity index (χ0) is 19.6. The Bertz CT molecular complexity index is 1010. The average Bonchev–Trinajstić information content (AvgIpc) is 2.98. The number of benzene rings is 2. The van der Waals surface area contributed by atoms with E-state index in [4.69, 9.17) is 0 Å². The first-order chi connectivity index (χ1) is 12.8. The van der Waals surface area contributed by atoms with Crippen LogP contribution in [0.1, 0.15) is 36.8 Å². The summed E-state index contributed by atoms with van der Waals surface area (Å²) in [6.45, 7) is 5.36. The first-order valence-electron chi connectivity index (χ1n) is 8.71. The SMILES string of the molecule is CC(=O)Nc1c(C(=O)NCC(C)(C)c2ccccc2F)[nH]c2ccccc12. The van der Waals surface area contributed by atoms with Gasteiger partial charge in [-0.05, 0) is 17.7 Å². The van der Waals surface area contributed by atoms with Gasteiger partial charge in [0.1, 0.15) is 11.5 Å². The van der Waals surface area contributed by atoms with E-state index in [2.05, 4.69) is 15.6 Å². The van der Waals surface area contributed by atoms with Crippen LogP contribution < -0.4 is 10.6 Å². The van der Waals surface area contributed by atoms with Crippen LogP contribution >= 0.6 is 0 Å². The van der Waals surface area contributed by atoms with Gasteiger partial charge in [0.25, 0.3) is 5.91 Å². The van der Waals surface area contributed by atoms with Crippen LogP contribution in [-0.2, 0) is 10.2 Å². The van der Waals surface area contributed by atoms with Crippen LogP contribution in [-0.4, -0.2) is 23.3 Å². The van der Waals surface area contributed by atoms with E-state index in [1.165, 1.54) is 13.0 Å². The van der Waals surface area contributed by atoms with Crippen LogP contribution in [0.3, 0.4) is 0 Å². The maximum absolute atomic E-state index is 14.1. The van der Waals surface area contributed by atoms with Gasteiger partial charge in [-0.1, -0.05) is 50.2 Å². The van der Waals surface area contributed by atoms with Crippen LogP contribution in [0, 0.1) is 5.82 Å². The number of para-hydroxylation sites is 1. The molecule has 0 radical (unpaired) electrons. The van der Waals surface area contributed by atoms with E-state index in [1.807, 2.05) is 38.1 Å². The smallest absolute Gasteiger partial charge is 0.269 e. The fourth-order valence-electron chi connectivity index (χ4n) is 3.11. The van der Waals surface area contributed by atoms with Gasteiger partial charge in [-0.15, -0.1) is 0 Å². The maximum Gasteiger partial charge on any atom is 0.269 e. The number of carbonyl (C=O) groups excluding carboxylic acids is 2. The van der Waals surface area contributed by atoms with Crippen molar-refractivity contribution in [1.82, 2.24) is 10.3 Å². The van der Waals surface area contributed by atoms with Gasteiger partial charge in [-0.25, -0.2) is 4.39 Å². The van der Waals surface area contributed by atoms with Gasteiger partial charge >= 0.3 is 0 Å². The van der Waals surface area contributed by atoms with Crippen molar-refractivity contribution >= 4 is 28.4 Å².